The van der Waals surface area contributed by atoms with Gasteiger partial charge in [0.2, 0.25) is 0 Å². The Kier molecular flexibility index (Phi) is 7.34. The predicted molar refractivity (Wildman–Crippen MR) is 110 cm³/mol. The van der Waals surface area contributed by atoms with E-state index in [0.29, 0.717) is 25.2 Å². The summed E-state index contributed by atoms with van der Waals surface area (Å²) in [5.74, 6) is -0.417. The van der Waals surface area contributed by atoms with Crippen LogP contribution in [0.5, 0.6) is 5.75 Å². The molecule has 0 fully saturated rings. The topological polar surface area (TPSA) is 81.0 Å². The van der Waals surface area contributed by atoms with Gasteiger partial charge >= 0.3 is 5.97 Å². The standard InChI is InChI=1S/C23H22N2O4/c26-22(27)17-28-21-13-5-4-8-18(21)12-7-15-29-25-23(19-9-2-1-3-10-19)20-11-6-14-24-16-20/h1-6,8-11,13-14,16H,7,12,15,17H2,(H,26,27). The highest BCUT2D eigenvalue weighted by Crippen LogP contribution is 2.19. The Labute approximate surface area is 169 Å². The van der Waals surface area contributed by atoms with E-state index in [2.05, 4.69) is 10.1 Å². The fourth-order valence-corrected chi connectivity index (χ4v) is 2.80. The first kappa shape index (κ1) is 20.1. The van der Waals surface area contributed by atoms with Crippen molar-refractivity contribution in [2.45, 2.75) is 12.8 Å². The van der Waals surface area contributed by atoms with Crippen molar-refractivity contribution in [3.8, 4) is 5.75 Å². The molecular formula is C23H22N2O4. The Morgan fingerprint density at radius 1 is 0.966 bits per heavy atom. The number of aliphatic carboxylic acids is 1. The number of hydrogen-bond donors (Lipinski definition) is 1. The van der Waals surface area contributed by atoms with Crippen LogP contribution >= 0.6 is 0 Å². The summed E-state index contributed by atoms with van der Waals surface area (Å²) in [6.07, 6.45) is 4.88. The van der Waals surface area contributed by atoms with E-state index in [1.54, 1.807) is 18.5 Å². The molecule has 0 saturated carbocycles. The Balaban J connectivity index is 1.61. The molecule has 6 heteroatoms. The number of para-hydroxylation sites is 1. The van der Waals surface area contributed by atoms with Gasteiger partial charge in [-0.15, -0.1) is 0 Å². The number of carboxylic acids is 1. The number of hydrogen-bond acceptors (Lipinski definition) is 5. The number of carboxylic acid groups (broad SMARTS) is 1. The summed E-state index contributed by atoms with van der Waals surface area (Å²) in [6, 6.07) is 21.0. The Bertz CT molecular complexity index is 902. The van der Waals surface area contributed by atoms with Crippen molar-refractivity contribution in [2.24, 2.45) is 5.16 Å². The van der Waals surface area contributed by atoms with E-state index >= 15 is 0 Å². The molecule has 0 radical (unpaired) electrons. The Morgan fingerprint density at radius 2 is 1.72 bits per heavy atom. The fraction of sp³-hybridized carbons (Fsp3) is 0.174. The van der Waals surface area contributed by atoms with E-state index in [4.69, 9.17) is 14.7 Å². The lowest BCUT2D eigenvalue weighted by Gasteiger charge is -2.10. The maximum absolute atomic E-state index is 10.7. The molecule has 0 aliphatic carbocycles. The molecule has 0 unspecified atom stereocenters. The molecule has 0 atom stereocenters. The van der Waals surface area contributed by atoms with Gasteiger partial charge in [0, 0.05) is 23.5 Å². The van der Waals surface area contributed by atoms with Crippen LogP contribution in [-0.2, 0) is 16.1 Å². The van der Waals surface area contributed by atoms with Crippen molar-refractivity contribution in [2.75, 3.05) is 13.2 Å². The van der Waals surface area contributed by atoms with E-state index in [-0.39, 0.29) is 6.61 Å². The van der Waals surface area contributed by atoms with Gasteiger partial charge in [-0.1, -0.05) is 53.7 Å². The smallest absolute Gasteiger partial charge is 0.341 e. The molecule has 3 rings (SSSR count). The molecule has 0 amide bonds. The monoisotopic (exact) mass is 390 g/mol. The van der Waals surface area contributed by atoms with Crippen LogP contribution in [0.3, 0.4) is 0 Å². The van der Waals surface area contributed by atoms with E-state index in [1.807, 2.05) is 60.7 Å². The van der Waals surface area contributed by atoms with Gasteiger partial charge in [-0.2, -0.15) is 0 Å². The average molecular weight is 390 g/mol. The zero-order valence-corrected chi connectivity index (χ0v) is 15.9. The fourth-order valence-electron chi connectivity index (χ4n) is 2.80. The summed E-state index contributed by atoms with van der Waals surface area (Å²) in [4.78, 5) is 20.5. The van der Waals surface area contributed by atoms with Gasteiger partial charge in [-0.3, -0.25) is 4.98 Å². The molecule has 2 aromatic carbocycles. The van der Waals surface area contributed by atoms with E-state index < -0.39 is 5.97 Å². The second-order valence-corrected chi connectivity index (χ2v) is 6.27. The third-order valence-electron chi connectivity index (χ3n) is 4.14. The normalized spacial score (nSPS) is 11.1. The van der Waals surface area contributed by atoms with Gasteiger partial charge in [0.25, 0.3) is 0 Å². The first-order chi connectivity index (χ1) is 14.2. The molecule has 0 aliphatic rings. The first-order valence-corrected chi connectivity index (χ1v) is 9.32. The average Bonchev–Trinajstić information content (AvgIpc) is 2.76. The second kappa shape index (κ2) is 10.6. The van der Waals surface area contributed by atoms with Crippen molar-refractivity contribution in [3.05, 3.63) is 95.8 Å². The molecule has 0 spiro atoms. The van der Waals surface area contributed by atoms with Gasteiger partial charge in [0.15, 0.2) is 6.61 Å². The van der Waals surface area contributed by atoms with Crippen LogP contribution in [0, 0.1) is 0 Å². The lowest BCUT2D eigenvalue weighted by atomic mass is 10.0. The van der Waals surface area contributed by atoms with Crippen LogP contribution in [0.15, 0.2) is 84.3 Å². The number of aromatic nitrogens is 1. The third kappa shape index (κ3) is 6.17. The van der Waals surface area contributed by atoms with Gasteiger partial charge in [0.05, 0.1) is 0 Å². The van der Waals surface area contributed by atoms with Crippen molar-refractivity contribution in [1.29, 1.82) is 0 Å². The van der Waals surface area contributed by atoms with Crippen LogP contribution in [-0.4, -0.2) is 35.0 Å². The molecule has 29 heavy (non-hydrogen) atoms. The molecule has 3 aromatic rings. The molecule has 1 heterocycles. The third-order valence-corrected chi connectivity index (χ3v) is 4.14. The van der Waals surface area contributed by atoms with Crippen LogP contribution in [0.25, 0.3) is 0 Å². The van der Waals surface area contributed by atoms with Crippen LogP contribution < -0.4 is 4.74 Å². The molecule has 0 bridgehead atoms. The minimum Gasteiger partial charge on any atom is -0.482 e. The number of nitrogens with zero attached hydrogens (tertiary/aromatic N) is 2. The van der Waals surface area contributed by atoms with Crippen LogP contribution in [0.4, 0.5) is 0 Å². The second-order valence-electron chi connectivity index (χ2n) is 6.27. The minimum atomic E-state index is -0.999. The van der Waals surface area contributed by atoms with Gasteiger partial charge in [0.1, 0.15) is 18.1 Å². The highest BCUT2D eigenvalue weighted by Gasteiger charge is 2.08. The van der Waals surface area contributed by atoms with E-state index in [1.165, 1.54) is 0 Å². The Morgan fingerprint density at radius 3 is 2.48 bits per heavy atom. The van der Waals surface area contributed by atoms with Crippen molar-refractivity contribution in [1.82, 2.24) is 4.98 Å². The molecule has 0 saturated heterocycles. The number of ether oxygens (including phenoxy) is 1. The summed E-state index contributed by atoms with van der Waals surface area (Å²) in [5.41, 5.74) is 3.50. The maximum atomic E-state index is 10.7. The lowest BCUT2D eigenvalue weighted by Crippen LogP contribution is -2.10. The highest BCUT2D eigenvalue weighted by atomic mass is 16.6. The summed E-state index contributed by atoms with van der Waals surface area (Å²) in [6.45, 7) is 0.0627. The molecular weight excluding hydrogens is 368 g/mol. The zero-order chi connectivity index (χ0) is 20.3. The van der Waals surface area contributed by atoms with E-state index in [0.717, 1.165) is 22.4 Å². The first-order valence-electron chi connectivity index (χ1n) is 9.32. The molecule has 0 aliphatic heterocycles. The number of oxime groups is 1. The lowest BCUT2D eigenvalue weighted by molar-refractivity contribution is -0.139. The highest BCUT2D eigenvalue weighted by molar-refractivity contribution is 6.12. The molecule has 1 N–H and O–H groups in total. The zero-order valence-electron chi connectivity index (χ0n) is 15.9. The molecule has 148 valence electrons. The summed E-state index contributed by atoms with van der Waals surface area (Å²) in [7, 11) is 0. The van der Waals surface area contributed by atoms with Crippen molar-refractivity contribution in [3.63, 3.8) is 0 Å². The van der Waals surface area contributed by atoms with Gasteiger partial charge in [-0.05, 0) is 36.6 Å². The number of pyridine rings is 1. The summed E-state index contributed by atoms with van der Waals surface area (Å²) in [5, 5.41) is 13.1. The SMILES string of the molecule is O=C(O)COc1ccccc1CCCON=C(c1ccccc1)c1cccnc1. The van der Waals surface area contributed by atoms with Crippen molar-refractivity contribution < 1.29 is 19.5 Å². The largest absolute Gasteiger partial charge is 0.482 e. The number of rotatable bonds is 10. The number of benzene rings is 2. The number of aryl methyl sites for hydroxylation is 1. The molecule has 6 nitrogen and oxygen atoms in total. The van der Waals surface area contributed by atoms with E-state index in [9.17, 15) is 4.79 Å². The predicted octanol–water partition coefficient (Wildman–Crippen LogP) is 3.95. The molecule has 1 aromatic heterocycles. The minimum absolute atomic E-state index is 0.358. The van der Waals surface area contributed by atoms with Crippen molar-refractivity contribution >= 4 is 11.7 Å². The quantitative estimate of drug-likeness (QED) is 0.322. The maximum Gasteiger partial charge on any atom is 0.341 e. The number of carbonyl (C=O) groups is 1. The summed E-state index contributed by atoms with van der Waals surface area (Å²) < 4.78 is 5.33. The summed E-state index contributed by atoms with van der Waals surface area (Å²) >= 11 is 0. The Hall–Kier alpha value is -3.67. The van der Waals surface area contributed by atoms with Gasteiger partial charge in [-0.25, -0.2) is 4.79 Å². The van der Waals surface area contributed by atoms with Gasteiger partial charge < -0.3 is 14.7 Å². The van der Waals surface area contributed by atoms with Crippen LogP contribution in [0.2, 0.25) is 0 Å². The van der Waals surface area contributed by atoms with Crippen LogP contribution in [0.1, 0.15) is 23.1 Å².